The maximum absolute atomic E-state index is 15.2. The first-order valence-electron chi connectivity index (χ1n) is 10.0. The van der Waals surface area contributed by atoms with Gasteiger partial charge in [0.1, 0.15) is 17.1 Å². The van der Waals surface area contributed by atoms with Crippen LogP contribution < -0.4 is 11.1 Å². The topological polar surface area (TPSA) is 112 Å². The number of amides is 1. The number of nitrogens with zero attached hydrogens (tertiary/aromatic N) is 5. The lowest BCUT2D eigenvalue weighted by molar-refractivity contribution is -0.137. The van der Waals surface area contributed by atoms with Crippen molar-refractivity contribution in [3.63, 3.8) is 0 Å². The van der Waals surface area contributed by atoms with Crippen LogP contribution in [0.4, 0.5) is 28.9 Å². The quantitative estimate of drug-likeness (QED) is 0.303. The van der Waals surface area contributed by atoms with Gasteiger partial charge in [0.25, 0.3) is 5.91 Å². The van der Waals surface area contributed by atoms with Gasteiger partial charge in [-0.3, -0.25) is 4.79 Å². The maximum atomic E-state index is 15.2. The number of rotatable bonds is 4. The predicted octanol–water partition coefficient (Wildman–Crippen LogP) is 4.33. The van der Waals surface area contributed by atoms with E-state index in [0.717, 1.165) is 18.3 Å². The number of hydrogen-bond acceptors (Lipinski definition) is 6. The molecule has 0 unspecified atom stereocenters. The zero-order valence-electron chi connectivity index (χ0n) is 18.3. The first-order chi connectivity index (χ1) is 17.5. The highest BCUT2D eigenvalue weighted by Gasteiger charge is 2.36. The second-order valence-corrected chi connectivity index (χ2v) is 7.68. The fourth-order valence-corrected chi connectivity index (χ4v) is 3.62. The molecular formula is C24H12ClF4N7O. The van der Waals surface area contributed by atoms with Crippen LogP contribution in [0.15, 0.2) is 43.0 Å². The van der Waals surface area contributed by atoms with Crippen LogP contribution >= 0.6 is 11.6 Å². The SMILES string of the molecule is C#Cc1cnc(C#C)c(N)c1-c1cc(Cl)c(C(=O)Nc2cnc(-n3nccn3)c(C(F)(F)F)c2)cc1F. The van der Waals surface area contributed by atoms with Gasteiger partial charge in [0.05, 0.1) is 46.1 Å². The molecule has 0 saturated heterocycles. The third-order valence-corrected chi connectivity index (χ3v) is 5.33. The van der Waals surface area contributed by atoms with Crippen molar-refractivity contribution < 1.29 is 22.4 Å². The number of carbonyl (C=O) groups is 1. The minimum absolute atomic E-state index is 0.0214. The van der Waals surface area contributed by atoms with Gasteiger partial charge in [-0.15, -0.1) is 17.6 Å². The third kappa shape index (κ3) is 4.78. The first kappa shape index (κ1) is 25.2. The number of carbonyl (C=O) groups excluding carboxylic acids is 1. The summed E-state index contributed by atoms with van der Waals surface area (Å²) in [5, 5.41) is 9.27. The van der Waals surface area contributed by atoms with E-state index in [-0.39, 0.29) is 44.3 Å². The van der Waals surface area contributed by atoms with E-state index in [0.29, 0.717) is 10.9 Å². The van der Waals surface area contributed by atoms with Crippen molar-refractivity contribution in [1.29, 1.82) is 0 Å². The number of halogens is 5. The molecule has 0 spiro atoms. The Kier molecular flexibility index (Phi) is 6.53. The molecule has 184 valence electrons. The summed E-state index contributed by atoms with van der Waals surface area (Å²) < 4.78 is 56.0. The monoisotopic (exact) mass is 525 g/mol. The van der Waals surface area contributed by atoms with E-state index in [1.165, 1.54) is 18.6 Å². The van der Waals surface area contributed by atoms with E-state index in [9.17, 15) is 18.0 Å². The van der Waals surface area contributed by atoms with Gasteiger partial charge in [-0.1, -0.05) is 17.5 Å². The number of nitrogen functional groups attached to an aromatic ring is 1. The number of terminal acetylenes is 2. The number of alkyl halides is 3. The summed E-state index contributed by atoms with van der Waals surface area (Å²) in [7, 11) is 0. The van der Waals surface area contributed by atoms with Crippen molar-refractivity contribution in [3.05, 3.63) is 76.2 Å². The summed E-state index contributed by atoms with van der Waals surface area (Å²) >= 11 is 6.24. The highest BCUT2D eigenvalue weighted by atomic mass is 35.5. The highest BCUT2D eigenvalue weighted by molar-refractivity contribution is 6.34. The molecule has 0 radical (unpaired) electrons. The molecule has 37 heavy (non-hydrogen) atoms. The molecule has 0 aliphatic heterocycles. The Morgan fingerprint density at radius 1 is 1.08 bits per heavy atom. The van der Waals surface area contributed by atoms with Gasteiger partial charge >= 0.3 is 6.18 Å². The van der Waals surface area contributed by atoms with E-state index in [1.54, 1.807) is 0 Å². The van der Waals surface area contributed by atoms with Crippen molar-refractivity contribution in [2.45, 2.75) is 6.18 Å². The Morgan fingerprint density at radius 2 is 1.78 bits per heavy atom. The van der Waals surface area contributed by atoms with Crippen molar-refractivity contribution in [1.82, 2.24) is 25.0 Å². The molecule has 1 aromatic carbocycles. The lowest BCUT2D eigenvalue weighted by Crippen LogP contribution is -2.17. The van der Waals surface area contributed by atoms with Gasteiger partial charge in [0, 0.05) is 17.3 Å². The number of hydrogen-bond donors (Lipinski definition) is 2. The van der Waals surface area contributed by atoms with Gasteiger partial charge in [0.15, 0.2) is 5.82 Å². The Hall–Kier alpha value is -4.94. The van der Waals surface area contributed by atoms with Crippen LogP contribution in [0.3, 0.4) is 0 Å². The molecule has 0 fully saturated rings. The Labute approximate surface area is 211 Å². The van der Waals surface area contributed by atoms with Gasteiger partial charge in [0.2, 0.25) is 0 Å². The normalized spacial score (nSPS) is 11.0. The zero-order chi connectivity index (χ0) is 26.9. The summed E-state index contributed by atoms with van der Waals surface area (Å²) in [5.74, 6) is 2.04. The van der Waals surface area contributed by atoms with Crippen LogP contribution in [0.25, 0.3) is 16.9 Å². The minimum Gasteiger partial charge on any atom is -0.396 e. The fourth-order valence-electron chi connectivity index (χ4n) is 3.37. The molecule has 3 N–H and O–H groups in total. The van der Waals surface area contributed by atoms with Crippen molar-refractivity contribution in [2.24, 2.45) is 0 Å². The van der Waals surface area contributed by atoms with Crippen LogP contribution in [0.1, 0.15) is 27.2 Å². The maximum Gasteiger partial charge on any atom is 0.420 e. The second kappa shape index (κ2) is 9.60. The van der Waals surface area contributed by atoms with Gasteiger partial charge in [-0.2, -0.15) is 23.4 Å². The van der Waals surface area contributed by atoms with Crippen LogP contribution in [0.5, 0.6) is 0 Å². The fraction of sp³-hybridized carbons (Fsp3) is 0.0417. The minimum atomic E-state index is -4.85. The molecule has 3 heterocycles. The predicted molar refractivity (Wildman–Crippen MR) is 127 cm³/mol. The molecular weight excluding hydrogens is 514 g/mol. The van der Waals surface area contributed by atoms with Crippen LogP contribution in [0.2, 0.25) is 5.02 Å². The molecule has 4 rings (SSSR count). The summed E-state index contributed by atoms with van der Waals surface area (Å²) in [6.45, 7) is 0. The molecule has 0 aliphatic rings. The number of anilines is 2. The summed E-state index contributed by atoms with van der Waals surface area (Å²) in [6, 6.07) is 2.54. The van der Waals surface area contributed by atoms with Crippen LogP contribution in [0, 0.1) is 30.5 Å². The molecule has 0 aliphatic carbocycles. The molecule has 1 amide bonds. The highest BCUT2D eigenvalue weighted by Crippen LogP contribution is 2.37. The molecule has 4 aromatic rings. The van der Waals surface area contributed by atoms with Gasteiger partial charge in [-0.05, 0) is 24.1 Å². The average Bonchev–Trinajstić information content (AvgIpc) is 3.39. The summed E-state index contributed by atoms with van der Waals surface area (Å²) in [4.78, 5) is 21.1. The van der Waals surface area contributed by atoms with E-state index in [4.69, 9.17) is 30.2 Å². The standard InChI is InChI=1S/C24H12ClF4N7O/c1-3-12-10-31-19(4-2)21(30)20(12)15-8-17(25)14(9-18(15)26)23(37)35-13-7-16(24(27,28)29)22(32-11-13)36-33-5-6-34-36/h1-2,5-11H,30H2,(H,35,37). The Morgan fingerprint density at radius 3 is 2.41 bits per heavy atom. The van der Waals surface area contributed by atoms with Gasteiger partial charge in [-0.25, -0.2) is 14.4 Å². The second-order valence-electron chi connectivity index (χ2n) is 7.28. The summed E-state index contributed by atoms with van der Waals surface area (Å²) in [5.41, 5.74) is 4.08. The lowest BCUT2D eigenvalue weighted by atomic mass is 9.96. The Bertz CT molecular complexity index is 1620. The van der Waals surface area contributed by atoms with Crippen molar-refractivity contribution in [2.75, 3.05) is 11.1 Å². The molecule has 13 heteroatoms. The van der Waals surface area contributed by atoms with Gasteiger partial charge < -0.3 is 11.1 Å². The third-order valence-electron chi connectivity index (χ3n) is 5.02. The lowest BCUT2D eigenvalue weighted by Gasteiger charge is -2.15. The van der Waals surface area contributed by atoms with Crippen molar-refractivity contribution in [3.8, 4) is 41.6 Å². The average molecular weight is 526 g/mol. The number of nitrogens with two attached hydrogens (primary N) is 1. The van der Waals surface area contributed by atoms with E-state index < -0.39 is 29.3 Å². The number of aromatic nitrogens is 5. The van der Waals surface area contributed by atoms with Crippen LogP contribution in [-0.2, 0) is 6.18 Å². The first-order valence-corrected chi connectivity index (χ1v) is 10.4. The van der Waals surface area contributed by atoms with E-state index in [1.807, 2.05) is 0 Å². The van der Waals surface area contributed by atoms with E-state index in [2.05, 4.69) is 37.3 Å². The molecule has 0 bridgehead atoms. The van der Waals surface area contributed by atoms with E-state index >= 15 is 4.39 Å². The van der Waals surface area contributed by atoms with Crippen LogP contribution in [-0.4, -0.2) is 30.9 Å². The Balaban J connectivity index is 1.71. The molecule has 3 aromatic heterocycles. The number of benzene rings is 1. The number of nitrogens with one attached hydrogen (secondary N) is 1. The molecule has 8 nitrogen and oxygen atoms in total. The van der Waals surface area contributed by atoms with Crippen molar-refractivity contribution >= 4 is 28.9 Å². The number of pyridine rings is 2. The largest absolute Gasteiger partial charge is 0.420 e. The molecule has 0 atom stereocenters. The smallest absolute Gasteiger partial charge is 0.396 e. The molecule has 0 saturated carbocycles. The zero-order valence-corrected chi connectivity index (χ0v) is 19.1. The summed E-state index contributed by atoms with van der Waals surface area (Å²) in [6.07, 6.45) is 10.5.